The van der Waals surface area contributed by atoms with Gasteiger partial charge in [-0.2, -0.15) is 5.26 Å². The van der Waals surface area contributed by atoms with Crippen LogP contribution in [0.15, 0.2) is 28.8 Å². The number of benzene rings is 1. The molecule has 1 aromatic heterocycles. The van der Waals surface area contributed by atoms with Crippen LogP contribution in [0.2, 0.25) is 0 Å². The van der Waals surface area contributed by atoms with Gasteiger partial charge in [0.15, 0.2) is 5.76 Å². The molecule has 86 valence electrons. The van der Waals surface area contributed by atoms with Crippen molar-refractivity contribution in [2.75, 3.05) is 5.32 Å². The van der Waals surface area contributed by atoms with Gasteiger partial charge in [-0.3, -0.25) is 0 Å². The Balaban J connectivity index is 2.12. The first-order valence-electron chi connectivity index (χ1n) is 5.36. The largest absolute Gasteiger partial charge is 0.377 e. The highest BCUT2D eigenvalue weighted by Gasteiger charge is 2.04. The minimum absolute atomic E-state index is 0.526. The molecule has 0 unspecified atom stereocenters. The Bertz CT molecular complexity index is 566. The molecule has 0 radical (unpaired) electrons. The number of rotatable bonds is 3. The van der Waals surface area contributed by atoms with Crippen molar-refractivity contribution in [3.05, 3.63) is 46.8 Å². The average molecular weight is 227 g/mol. The lowest BCUT2D eigenvalue weighted by atomic mass is 10.1. The van der Waals surface area contributed by atoms with Gasteiger partial charge in [-0.05, 0) is 31.5 Å². The molecule has 1 heterocycles. The molecule has 0 aliphatic rings. The molecule has 2 aromatic rings. The molecule has 0 fully saturated rings. The fourth-order valence-electron chi connectivity index (χ4n) is 1.59. The van der Waals surface area contributed by atoms with Gasteiger partial charge < -0.3 is 9.84 Å². The van der Waals surface area contributed by atoms with Gasteiger partial charge in [0.1, 0.15) is 6.07 Å². The minimum atomic E-state index is 0.526. The van der Waals surface area contributed by atoms with Gasteiger partial charge in [0.05, 0.1) is 23.5 Å². The molecule has 0 amide bonds. The summed E-state index contributed by atoms with van der Waals surface area (Å²) < 4.78 is 5.09. The van der Waals surface area contributed by atoms with Crippen molar-refractivity contribution >= 4 is 5.69 Å². The van der Waals surface area contributed by atoms with E-state index in [-0.39, 0.29) is 0 Å². The van der Waals surface area contributed by atoms with Gasteiger partial charge in [-0.25, -0.2) is 0 Å². The first kappa shape index (κ1) is 11.2. The summed E-state index contributed by atoms with van der Waals surface area (Å²) in [5, 5.41) is 16.0. The number of hydrogen-bond acceptors (Lipinski definition) is 4. The molecule has 0 aliphatic carbocycles. The van der Waals surface area contributed by atoms with E-state index in [1.807, 2.05) is 38.1 Å². The van der Waals surface area contributed by atoms with E-state index in [1.165, 1.54) is 0 Å². The van der Waals surface area contributed by atoms with Crippen LogP contribution >= 0.6 is 0 Å². The lowest BCUT2D eigenvalue weighted by Crippen LogP contribution is -2.00. The zero-order valence-corrected chi connectivity index (χ0v) is 9.82. The summed E-state index contributed by atoms with van der Waals surface area (Å²) >= 11 is 0. The van der Waals surface area contributed by atoms with E-state index in [0.717, 1.165) is 22.7 Å². The summed E-state index contributed by atoms with van der Waals surface area (Å²) in [7, 11) is 0. The molecular weight excluding hydrogens is 214 g/mol. The lowest BCUT2D eigenvalue weighted by Gasteiger charge is -2.06. The normalized spacial score (nSPS) is 9.94. The first-order valence-corrected chi connectivity index (χ1v) is 5.36. The van der Waals surface area contributed by atoms with Crippen LogP contribution in [-0.4, -0.2) is 5.16 Å². The number of nitrogens with zero attached hydrogens (tertiary/aromatic N) is 2. The van der Waals surface area contributed by atoms with E-state index in [0.29, 0.717) is 12.1 Å². The SMILES string of the molecule is Cc1ccc(NCc2cc(C)no2)c(C#N)c1. The number of aromatic nitrogens is 1. The lowest BCUT2D eigenvalue weighted by molar-refractivity contribution is 0.384. The third-order valence-electron chi connectivity index (χ3n) is 2.43. The molecule has 0 spiro atoms. The second kappa shape index (κ2) is 4.71. The molecular formula is C13H13N3O. The zero-order valence-electron chi connectivity index (χ0n) is 9.82. The van der Waals surface area contributed by atoms with Crippen LogP contribution in [0.5, 0.6) is 0 Å². The summed E-state index contributed by atoms with van der Waals surface area (Å²) in [4.78, 5) is 0. The van der Waals surface area contributed by atoms with Crippen molar-refractivity contribution in [1.82, 2.24) is 5.16 Å². The van der Waals surface area contributed by atoms with E-state index in [9.17, 15) is 0 Å². The van der Waals surface area contributed by atoms with Crippen LogP contribution in [0.25, 0.3) is 0 Å². The van der Waals surface area contributed by atoms with E-state index >= 15 is 0 Å². The van der Waals surface area contributed by atoms with Gasteiger partial charge in [-0.15, -0.1) is 0 Å². The second-order valence-corrected chi connectivity index (χ2v) is 3.95. The predicted octanol–water partition coefficient (Wildman–Crippen LogP) is 2.78. The van der Waals surface area contributed by atoms with Crippen molar-refractivity contribution in [2.45, 2.75) is 20.4 Å². The highest BCUT2D eigenvalue weighted by atomic mass is 16.5. The van der Waals surface area contributed by atoms with Gasteiger partial charge >= 0.3 is 0 Å². The van der Waals surface area contributed by atoms with Gasteiger partial charge in [0.2, 0.25) is 0 Å². The van der Waals surface area contributed by atoms with Crippen molar-refractivity contribution in [3.63, 3.8) is 0 Å². The fraction of sp³-hybridized carbons (Fsp3) is 0.231. The number of aryl methyl sites for hydroxylation is 2. The van der Waals surface area contributed by atoms with Gasteiger partial charge in [0, 0.05) is 6.07 Å². The van der Waals surface area contributed by atoms with Crippen LogP contribution in [0.1, 0.15) is 22.6 Å². The number of nitriles is 1. The summed E-state index contributed by atoms with van der Waals surface area (Å²) in [5.74, 6) is 0.756. The molecule has 1 aromatic carbocycles. The fourth-order valence-corrected chi connectivity index (χ4v) is 1.59. The van der Waals surface area contributed by atoms with Crippen molar-refractivity contribution in [3.8, 4) is 6.07 Å². The Morgan fingerprint density at radius 1 is 1.35 bits per heavy atom. The van der Waals surface area contributed by atoms with Crippen molar-refractivity contribution in [1.29, 1.82) is 5.26 Å². The maximum Gasteiger partial charge on any atom is 0.156 e. The van der Waals surface area contributed by atoms with E-state index < -0.39 is 0 Å². The molecule has 4 heteroatoms. The van der Waals surface area contributed by atoms with Gasteiger partial charge in [-0.1, -0.05) is 11.2 Å². The molecule has 4 nitrogen and oxygen atoms in total. The molecule has 2 rings (SSSR count). The van der Waals surface area contributed by atoms with Crippen LogP contribution in [0.3, 0.4) is 0 Å². The van der Waals surface area contributed by atoms with Crippen molar-refractivity contribution in [2.24, 2.45) is 0 Å². The molecule has 0 atom stereocenters. The molecule has 1 N–H and O–H groups in total. The highest BCUT2D eigenvalue weighted by molar-refractivity contribution is 5.58. The quantitative estimate of drug-likeness (QED) is 0.875. The smallest absolute Gasteiger partial charge is 0.156 e. The summed E-state index contributed by atoms with van der Waals surface area (Å²) in [5.41, 5.74) is 3.38. The Hall–Kier alpha value is -2.28. The molecule has 0 bridgehead atoms. The zero-order chi connectivity index (χ0) is 12.3. The Morgan fingerprint density at radius 2 is 2.18 bits per heavy atom. The van der Waals surface area contributed by atoms with E-state index in [4.69, 9.17) is 9.78 Å². The van der Waals surface area contributed by atoms with Gasteiger partial charge in [0.25, 0.3) is 0 Å². The minimum Gasteiger partial charge on any atom is -0.377 e. The highest BCUT2D eigenvalue weighted by Crippen LogP contribution is 2.17. The number of anilines is 1. The third kappa shape index (κ3) is 2.64. The van der Waals surface area contributed by atoms with Crippen LogP contribution < -0.4 is 5.32 Å². The Kier molecular flexibility index (Phi) is 3.10. The van der Waals surface area contributed by atoms with Crippen LogP contribution in [-0.2, 0) is 6.54 Å². The monoisotopic (exact) mass is 227 g/mol. The standard InChI is InChI=1S/C13H13N3O/c1-9-3-4-13(11(5-9)7-14)15-8-12-6-10(2)16-17-12/h3-6,15H,8H2,1-2H3. The molecule has 0 aliphatic heterocycles. The molecule has 0 saturated heterocycles. The maximum absolute atomic E-state index is 9.02. The number of hydrogen-bond donors (Lipinski definition) is 1. The van der Waals surface area contributed by atoms with Crippen molar-refractivity contribution < 1.29 is 4.52 Å². The maximum atomic E-state index is 9.02. The van der Waals surface area contributed by atoms with E-state index in [2.05, 4.69) is 16.5 Å². The van der Waals surface area contributed by atoms with Crippen LogP contribution in [0, 0.1) is 25.2 Å². The summed E-state index contributed by atoms with van der Waals surface area (Å²) in [6, 6.07) is 9.76. The first-order chi connectivity index (χ1) is 8.19. The average Bonchev–Trinajstić information content (AvgIpc) is 2.73. The Labute approximate surface area is 99.9 Å². The summed E-state index contributed by atoms with van der Waals surface area (Å²) in [6.45, 7) is 4.36. The van der Waals surface area contributed by atoms with Crippen LogP contribution in [0.4, 0.5) is 5.69 Å². The summed E-state index contributed by atoms with van der Waals surface area (Å²) in [6.07, 6.45) is 0. The third-order valence-corrected chi connectivity index (χ3v) is 2.43. The Morgan fingerprint density at radius 3 is 2.82 bits per heavy atom. The molecule has 17 heavy (non-hydrogen) atoms. The second-order valence-electron chi connectivity index (χ2n) is 3.95. The predicted molar refractivity (Wildman–Crippen MR) is 64.5 cm³/mol. The van der Waals surface area contributed by atoms with E-state index in [1.54, 1.807) is 0 Å². The molecule has 0 saturated carbocycles. The number of nitrogens with one attached hydrogen (secondary N) is 1. The topological polar surface area (TPSA) is 61.9 Å².